The number of nitrogens with zero attached hydrogens (tertiary/aromatic N) is 4. The molecule has 0 aliphatic heterocycles. The van der Waals surface area contributed by atoms with E-state index in [0.29, 0.717) is 0 Å². The largest absolute Gasteiger partial charge is 0.478 e. The Kier molecular flexibility index (Phi) is 7.59. The van der Waals surface area contributed by atoms with E-state index in [4.69, 9.17) is 10.2 Å². The second kappa shape index (κ2) is 8.67. The third kappa shape index (κ3) is 6.20. The molecule has 2 N–H and O–H groups in total. The number of carboxylic acids is 2. The predicted octanol–water partition coefficient (Wildman–Crippen LogP) is 0.347. The van der Waals surface area contributed by atoms with Gasteiger partial charge >= 0.3 is 11.9 Å². The van der Waals surface area contributed by atoms with E-state index in [-0.39, 0.29) is 28.2 Å². The average Bonchev–Trinajstić information content (AvgIpc) is 2.41. The Labute approximate surface area is 118 Å². The van der Waals surface area contributed by atoms with Crippen LogP contribution in [0, 0.1) is 0 Å². The summed E-state index contributed by atoms with van der Waals surface area (Å²) in [6, 6.07) is 0. The van der Waals surface area contributed by atoms with Gasteiger partial charge < -0.3 is 10.2 Å². The number of aromatic carboxylic acids is 2. The van der Waals surface area contributed by atoms with Gasteiger partial charge in [-0.3, -0.25) is 0 Å². The summed E-state index contributed by atoms with van der Waals surface area (Å²) in [5, 5.41) is 16.6. The second-order valence-electron chi connectivity index (χ2n) is 2.86. The zero-order valence-electron chi connectivity index (χ0n) is 9.34. The maximum absolute atomic E-state index is 10.1. The Balaban J connectivity index is 0.000000324. The molecule has 0 amide bonds. The molecule has 99 valence electrons. The molecular formula is C10H8MnN4O4. The van der Waals surface area contributed by atoms with E-state index < -0.39 is 11.9 Å². The molecule has 0 saturated carbocycles. The first-order chi connectivity index (χ1) is 8.61. The molecule has 0 unspecified atom stereocenters. The van der Waals surface area contributed by atoms with Gasteiger partial charge in [0.1, 0.15) is 12.7 Å². The third-order valence-electron chi connectivity index (χ3n) is 1.62. The maximum Gasteiger partial charge on any atom is 0.338 e. The molecule has 0 saturated heterocycles. The van der Waals surface area contributed by atoms with Crippen molar-refractivity contribution in [3.05, 3.63) is 48.6 Å². The fraction of sp³-hybridized carbons (Fsp3) is 0. The summed E-state index contributed by atoms with van der Waals surface area (Å²) in [6.07, 6.45) is 7.55. The Hall–Kier alpha value is -2.38. The molecule has 2 aromatic heterocycles. The van der Waals surface area contributed by atoms with Gasteiger partial charge in [0.25, 0.3) is 0 Å². The van der Waals surface area contributed by atoms with Gasteiger partial charge in [0.15, 0.2) is 0 Å². The minimum atomic E-state index is -1.00. The van der Waals surface area contributed by atoms with Crippen molar-refractivity contribution in [1.29, 1.82) is 0 Å². The minimum Gasteiger partial charge on any atom is -0.478 e. The zero-order chi connectivity index (χ0) is 13.4. The third-order valence-corrected chi connectivity index (χ3v) is 1.62. The van der Waals surface area contributed by atoms with Crippen molar-refractivity contribution in [2.75, 3.05) is 0 Å². The van der Waals surface area contributed by atoms with Crippen LogP contribution in [0.25, 0.3) is 0 Å². The van der Waals surface area contributed by atoms with Crippen LogP contribution >= 0.6 is 0 Å². The first-order valence-corrected chi connectivity index (χ1v) is 4.58. The summed E-state index contributed by atoms with van der Waals surface area (Å²) in [5.41, 5.74) is 0.218. The molecule has 1 radical (unpaired) electrons. The van der Waals surface area contributed by atoms with Gasteiger partial charge in [-0.2, -0.15) is 0 Å². The number of hydrogen-bond acceptors (Lipinski definition) is 6. The van der Waals surface area contributed by atoms with Crippen LogP contribution in [0.5, 0.6) is 0 Å². The summed E-state index contributed by atoms with van der Waals surface area (Å²) in [4.78, 5) is 34.3. The minimum absolute atomic E-state index is 0. The molecule has 2 heterocycles. The summed E-state index contributed by atoms with van der Waals surface area (Å²) >= 11 is 0. The molecule has 0 spiro atoms. The van der Waals surface area contributed by atoms with Crippen LogP contribution in [-0.4, -0.2) is 42.1 Å². The number of carbonyl (C=O) groups is 2. The van der Waals surface area contributed by atoms with E-state index in [1.54, 1.807) is 0 Å². The van der Waals surface area contributed by atoms with Gasteiger partial charge in [-0.1, -0.05) is 0 Å². The molecule has 19 heavy (non-hydrogen) atoms. The standard InChI is InChI=1S/2C5H4N2O2.Mn/c2*8-5(9)4-1-6-3-7-2-4;/h2*1-3H,(H,8,9);. The number of rotatable bonds is 2. The molecule has 0 fully saturated rings. The van der Waals surface area contributed by atoms with E-state index in [1.165, 1.54) is 37.4 Å². The van der Waals surface area contributed by atoms with Crippen LogP contribution in [0.4, 0.5) is 0 Å². The van der Waals surface area contributed by atoms with Crippen molar-refractivity contribution >= 4 is 11.9 Å². The fourth-order valence-electron chi connectivity index (χ4n) is 0.819. The SMILES string of the molecule is O=C(O)c1cncnc1.O=C(O)c1cncnc1.[Mn]. The molecule has 2 aromatic rings. The normalized spacial score (nSPS) is 8.42. The van der Waals surface area contributed by atoms with E-state index in [2.05, 4.69) is 19.9 Å². The summed E-state index contributed by atoms with van der Waals surface area (Å²) in [7, 11) is 0. The van der Waals surface area contributed by atoms with E-state index >= 15 is 0 Å². The van der Waals surface area contributed by atoms with Crippen LogP contribution < -0.4 is 0 Å². The molecule has 0 aromatic carbocycles. The molecule has 0 bridgehead atoms. The van der Waals surface area contributed by atoms with Crippen molar-refractivity contribution in [2.45, 2.75) is 0 Å². The van der Waals surface area contributed by atoms with E-state index in [9.17, 15) is 9.59 Å². The summed E-state index contributed by atoms with van der Waals surface area (Å²) in [6.45, 7) is 0. The smallest absolute Gasteiger partial charge is 0.338 e. The Morgan fingerprint density at radius 1 is 0.737 bits per heavy atom. The van der Waals surface area contributed by atoms with Crippen molar-refractivity contribution in [2.24, 2.45) is 0 Å². The first kappa shape index (κ1) is 16.6. The molecule has 0 aliphatic carbocycles. The van der Waals surface area contributed by atoms with Gasteiger partial charge in [0, 0.05) is 41.9 Å². The Bertz CT molecular complexity index is 474. The van der Waals surface area contributed by atoms with Gasteiger partial charge in [0.2, 0.25) is 0 Å². The first-order valence-electron chi connectivity index (χ1n) is 4.58. The zero-order valence-corrected chi connectivity index (χ0v) is 10.5. The van der Waals surface area contributed by atoms with Gasteiger partial charge in [-0.05, 0) is 0 Å². The quantitative estimate of drug-likeness (QED) is 0.761. The van der Waals surface area contributed by atoms with Crippen molar-refractivity contribution < 1.29 is 36.9 Å². The van der Waals surface area contributed by atoms with Crippen molar-refractivity contribution in [1.82, 2.24) is 19.9 Å². The number of aromatic nitrogens is 4. The molecule has 2 rings (SSSR count). The molecule has 0 atom stereocenters. The Morgan fingerprint density at radius 3 is 1.16 bits per heavy atom. The Morgan fingerprint density at radius 2 is 1.00 bits per heavy atom. The van der Waals surface area contributed by atoms with E-state index in [0.717, 1.165) is 0 Å². The van der Waals surface area contributed by atoms with Crippen LogP contribution in [0.3, 0.4) is 0 Å². The molecule has 8 nitrogen and oxygen atoms in total. The van der Waals surface area contributed by atoms with Gasteiger partial charge in [-0.15, -0.1) is 0 Å². The monoisotopic (exact) mass is 303 g/mol. The number of hydrogen-bond donors (Lipinski definition) is 2. The van der Waals surface area contributed by atoms with Crippen LogP contribution in [0.2, 0.25) is 0 Å². The van der Waals surface area contributed by atoms with Gasteiger partial charge in [0.05, 0.1) is 11.1 Å². The predicted molar refractivity (Wildman–Crippen MR) is 58.0 cm³/mol. The molecular weight excluding hydrogens is 295 g/mol. The van der Waals surface area contributed by atoms with Crippen LogP contribution in [0.1, 0.15) is 20.7 Å². The van der Waals surface area contributed by atoms with Crippen molar-refractivity contribution in [3.8, 4) is 0 Å². The van der Waals surface area contributed by atoms with E-state index in [1.807, 2.05) is 0 Å². The van der Waals surface area contributed by atoms with Crippen LogP contribution in [0.15, 0.2) is 37.4 Å². The summed E-state index contributed by atoms with van der Waals surface area (Å²) in [5.74, 6) is -2.01. The molecule has 9 heteroatoms. The average molecular weight is 303 g/mol. The maximum atomic E-state index is 10.1. The second-order valence-corrected chi connectivity index (χ2v) is 2.86. The summed E-state index contributed by atoms with van der Waals surface area (Å²) < 4.78 is 0. The molecule has 0 aliphatic rings. The topological polar surface area (TPSA) is 126 Å². The fourth-order valence-corrected chi connectivity index (χ4v) is 0.819. The number of carboxylic acid groups (broad SMARTS) is 2. The van der Waals surface area contributed by atoms with Gasteiger partial charge in [-0.25, -0.2) is 29.5 Å². The van der Waals surface area contributed by atoms with Crippen molar-refractivity contribution in [3.63, 3.8) is 0 Å². The van der Waals surface area contributed by atoms with Crippen LogP contribution in [-0.2, 0) is 17.1 Å².